The lowest BCUT2D eigenvalue weighted by Crippen LogP contribution is -2.20. The van der Waals surface area contributed by atoms with Gasteiger partial charge in [-0.15, -0.1) is 0 Å². The minimum Gasteiger partial charge on any atom is -0.371 e. The van der Waals surface area contributed by atoms with Crippen molar-refractivity contribution < 1.29 is 0 Å². The Labute approximate surface area is 115 Å². The summed E-state index contributed by atoms with van der Waals surface area (Å²) in [6.45, 7) is 6.60. The fourth-order valence-corrected chi connectivity index (χ4v) is 2.90. The van der Waals surface area contributed by atoms with Crippen molar-refractivity contribution in [1.82, 2.24) is 0 Å². The topological polar surface area (TPSA) is 29.3 Å². The summed E-state index contributed by atoms with van der Waals surface area (Å²) in [6, 6.07) is 6.56. The van der Waals surface area contributed by atoms with Crippen molar-refractivity contribution in [2.75, 3.05) is 18.0 Å². The van der Waals surface area contributed by atoms with Gasteiger partial charge in [0.05, 0.1) is 0 Å². The quantitative estimate of drug-likeness (QED) is 0.904. The average molecular weight is 267 g/mol. The molecule has 2 atom stereocenters. The van der Waals surface area contributed by atoms with Crippen LogP contribution in [-0.4, -0.2) is 19.1 Å². The standard InChI is InChI=1S/C15H23ClN2/c1-3-12-6-7-18(10-12)14-5-4-13(8-11(2)17)15(16)9-14/h4-5,9,11-12H,3,6-8,10,17H2,1-2H3. The Morgan fingerprint density at radius 2 is 2.28 bits per heavy atom. The summed E-state index contributed by atoms with van der Waals surface area (Å²) >= 11 is 6.34. The van der Waals surface area contributed by atoms with Crippen LogP contribution in [0.1, 0.15) is 32.3 Å². The predicted octanol–water partition coefficient (Wildman–Crippen LogP) is 3.47. The molecule has 1 heterocycles. The van der Waals surface area contributed by atoms with Gasteiger partial charge in [0.1, 0.15) is 0 Å². The third-order valence-corrected chi connectivity index (χ3v) is 4.16. The van der Waals surface area contributed by atoms with Gasteiger partial charge in [0.25, 0.3) is 0 Å². The maximum Gasteiger partial charge on any atom is 0.0459 e. The molecule has 100 valence electrons. The third kappa shape index (κ3) is 3.18. The molecule has 3 heteroatoms. The van der Waals surface area contributed by atoms with Crippen LogP contribution in [0.5, 0.6) is 0 Å². The molecule has 0 aliphatic carbocycles. The van der Waals surface area contributed by atoms with Gasteiger partial charge in [0.2, 0.25) is 0 Å². The lowest BCUT2D eigenvalue weighted by atomic mass is 10.1. The van der Waals surface area contributed by atoms with E-state index >= 15 is 0 Å². The van der Waals surface area contributed by atoms with Gasteiger partial charge < -0.3 is 10.6 Å². The summed E-state index contributed by atoms with van der Waals surface area (Å²) in [5.74, 6) is 0.840. The molecule has 2 rings (SSSR count). The molecule has 0 spiro atoms. The van der Waals surface area contributed by atoms with E-state index in [1.54, 1.807) is 0 Å². The first kappa shape index (κ1) is 13.7. The van der Waals surface area contributed by atoms with Crippen molar-refractivity contribution in [3.05, 3.63) is 28.8 Å². The fraction of sp³-hybridized carbons (Fsp3) is 0.600. The second-order valence-electron chi connectivity index (χ2n) is 5.47. The summed E-state index contributed by atoms with van der Waals surface area (Å²) in [5, 5.41) is 0.852. The highest BCUT2D eigenvalue weighted by atomic mass is 35.5. The normalized spacial score (nSPS) is 21.3. The number of benzene rings is 1. The van der Waals surface area contributed by atoms with E-state index in [1.165, 1.54) is 25.1 Å². The molecule has 0 saturated carbocycles. The van der Waals surface area contributed by atoms with Gasteiger partial charge >= 0.3 is 0 Å². The van der Waals surface area contributed by atoms with Crippen LogP contribution < -0.4 is 10.6 Å². The van der Waals surface area contributed by atoms with Crippen molar-refractivity contribution >= 4 is 17.3 Å². The van der Waals surface area contributed by atoms with Gasteiger partial charge in [0, 0.05) is 29.8 Å². The Morgan fingerprint density at radius 1 is 1.50 bits per heavy atom. The molecule has 1 saturated heterocycles. The van der Waals surface area contributed by atoms with Crippen LogP contribution in [0.15, 0.2) is 18.2 Å². The van der Waals surface area contributed by atoms with Crippen molar-refractivity contribution in [2.24, 2.45) is 11.7 Å². The second kappa shape index (κ2) is 5.94. The van der Waals surface area contributed by atoms with Crippen LogP contribution in [0.25, 0.3) is 0 Å². The molecule has 0 bridgehead atoms. The Kier molecular flexibility index (Phi) is 4.52. The number of rotatable bonds is 4. The average Bonchev–Trinajstić information content (AvgIpc) is 2.80. The highest BCUT2D eigenvalue weighted by molar-refractivity contribution is 6.31. The van der Waals surface area contributed by atoms with Crippen molar-refractivity contribution in [1.29, 1.82) is 0 Å². The zero-order valence-corrected chi connectivity index (χ0v) is 12.1. The maximum atomic E-state index is 6.34. The van der Waals surface area contributed by atoms with E-state index in [1.807, 2.05) is 6.92 Å². The van der Waals surface area contributed by atoms with Gasteiger partial charge in [-0.3, -0.25) is 0 Å². The number of hydrogen-bond acceptors (Lipinski definition) is 2. The van der Waals surface area contributed by atoms with Gasteiger partial charge in [-0.25, -0.2) is 0 Å². The lowest BCUT2D eigenvalue weighted by molar-refractivity contribution is 0.569. The largest absolute Gasteiger partial charge is 0.371 e. The summed E-state index contributed by atoms with van der Waals surface area (Å²) in [4.78, 5) is 2.44. The molecule has 0 aromatic heterocycles. The number of nitrogens with zero attached hydrogens (tertiary/aromatic N) is 1. The summed E-state index contributed by atoms with van der Waals surface area (Å²) in [5.41, 5.74) is 8.23. The molecule has 1 aromatic carbocycles. The molecule has 1 aliphatic heterocycles. The monoisotopic (exact) mass is 266 g/mol. The zero-order chi connectivity index (χ0) is 13.1. The van der Waals surface area contributed by atoms with E-state index in [0.29, 0.717) is 0 Å². The third-order valence-electron chi connectivity index (χ3n) is 3.81. The zero-order valence-electron chi connectivity index (χ0n) is 11.3. The van der Waals surface area contributed by atoms with Crippen molar-refractivity contribution in [3.63, 3.8) is 0 Å². The Bertz CT molecular complexity index is 403. The number of anilines is 1. The molecule has 0 radical (unpaired) electrons. The van der Waals surface area contributed by atoms with E-state index in [2.05, 4.69) is 30.0 Å². The number of hydrogen-bond donors (Lipinski definition) is 1. The molecule has 1 aromatic rings. The van der Waals surface area contributed by atoms with E-state index in [4.69, 9.17) is 17.3 Å². The molecule has 18 heavy (non-hydrogen) atoms. The van der Waals surface area contributed by atoms with Gasteiger partial charge in [-0.2, -0.15) is 0 Å². The van der Waals surface area contributed by atoms with E-state index in [-0.39, 0.29) is 6.04 Å². The second-order valence-corrected chi connectivity index (χ2v) is 5.87. The van der Waals surface area contributed by atoms with Gasteiger partial charge in [-0.05, 0) is 43.4 Å². The minimum atomic E-state index is 0.157. The maximum absolute atomic E-state index is 6.34. The Balaban J connectivity index is 2.09. The molecular weight excluding hydrogens is 244 g/mol. The summed E-state index contributed by atoms with van der Waals surface area (Å²) in [6.07, 6.45) is 3.42. The minimum absolute atomic E-state index is 0.157. The lowest BCUT2D eigenvalue weighted by Gasteiger charge is -2.20. The predicted molar refractivity (Wildman–Crippen MR) is 79.4 cm³/mol. The number of nitrogens with two attached hydrogens (primary N) is 1. The number of halogens is 1. The van der Waals surface area contributed by atoms with Crippen LogP contribution >= 0.6 is 11.6 Å². The SMILES string of the molecule is CCC1CCN(c2ccc(CC(C)N)c(Cl)c2)C1. The van der Waals surface area contributed by atoms with Crippen LogP contribution in [0, 0.1) is 5.92 Å². The highest BCUT2D eigenvalue weighted by Crippen LogP contribution is 2.29. The molecule has 2 N–H and O–H groups in total. The van der Waals surface area contributed by atoms with Gasteiger partial charge in [-0.1, -0.05) is 31.0 Å². The first-order valence-corrected chi connectivity index (χ1v) is 7.27. The van der Waals surface area contributed by atoms with E-state index < -0.39 is 0 Å². The smallest absolute Gasteiger partial charge is 0.0459 e. The molecule has 2 nitrogen and oxygen atoms in total. The summed E-state index contributed by atoms with van der Waals surface area (Å²) in [7, 11) is 0. The Morgan fingerprint density at radius 3 is 2.83 bits per heavy atom. The van der Waals surface area contributed by atoms with Crippen LogP contribution in [0.3, 0.4) is 0 Å². The highest BCUT2D eigenvalue weighted by Gasteiger charge is 2.21. The van der Waals surface area contributed by atoms with Gasteiger partial charge in [0.15, 0.2) is 0 Å². The van der Waals surface area contributed by atoms with Crippen molar-refractivity contribution in [2.45, 2.75) is 39.2 Å². The molecule has 1 aliphatic rings. The first-order chi connectivity index (χ1) is 8.60. The Hall–Kier alpha value is -0.730. The first-order valence-electron chi connectivity index (χ1n) is 6.89. The van der Waals surface area contributed by atoms with E-state index in [0.717, 1.165) is 29.5 Å². The van der Waals surface area contributed by atoms with Crippen molar-refractivity contribution in [3.8, 4) is 0 Å². The van der Waals surface area contributed by atoms with Crippen LogP contribution in [-0.2, 0) is 6.42 Å². The molecular formula is C15H23ClN2. The molecule has 0 amide bonds. The molecule has 2 unspecified atom stereocenters. The fourth-order valence-electron chi connectivity index (χ4n) is 2.65. The van der Waals surface area contributed by atoms with E-state index in [9.17, 15) is 0 Å². The van der Waals surface area contributed by atoms with Crippen LogP contribution in [0.2, 0.25) is 5.02 Å². The van der Waals surface area contributed by atoms with Crippen LogP contribution in [0.4, 0.5) is 5.69 Å². The summed E-state index contributed by atoms with van der Waals surface area (Å²) < 4.78 is 0. The molecule has 1 fully saturated rings.